The molecule has 0 aromatic heterocycles. The zero-order chi connectivity index (χ0) is 36.3. The highest BCUT2D eigenvalue weighted by molar-refractivity contribution is 6.14. The van der Waals surface area contributed by atoms with E-state index in [4.69, 9.17) is 0 Å². The Morgan fingerprint density at radius 1 is 0.218 bits per heavy atom. The Morgan fingerprint density at radius 3 is 1.29 bits per heavy atom. The number of rotatable bonds is 5. The molecule has 0 heterocycles. The lowest BCUT2D eigenvalue weighted by Crippen LogP contribution is -2.09. The fourth-order valence-corrected chi connectivity index (χ4v) is 8.75. The summed E-state index contributed by atoms with van der Waals surface area (Å²) in [5.41, 5.74) is 8.23. The molecular formula is C54H35N. The van der Waals surface area contributed by atoms with E-state index >= 15 is 0 Å². The van der Waals surface area contributed by atoms with Crippen LogP contribution in [0.4, 0.5) is 17.1 Å². The van der Waals surface area contributed by atoms with Crippen LogP contribution >= 0.6 is 0 Å². The zero-order valence-corrected chi connectivity index (χ0v) is 30.2. The summed E-state index contributed by atoms with van der Waals surface area (Å²) in [4.78, 5) is 2.39. The lowest BCUT2D eigenvalue weighted by Gasteiger charge is -2.26. The maximum atomic E-state index is 2.39. The number of hydrogen-bond acceptors (Lipinski definition) is 1. The van der Waals surface area contributed by atoms with E-state index in [-0.39, 0.29) is 0 Å². The number of fused-ring (bicyclic) bond motifs is 9. The number of anilines is 3. The van der Waals surface area contributed by atoms with Crippen LogP contribution in [-0.2, 0) is 0 Å². The fourth-order valence-electron chi connectivity index (χ4n) is 8.75. The third kappa shape index (κ3) is 5.24. The second-order valence-electron chi connectivity index (χ2n) is 14.5. The van der Waals surface area contributed by atoms with Gasteiger partial charge < -0.3 is 4.90 Å². The van der Waals surface area contributed by atoms with Crippen molar-refractivity contribution >= 4 is 81.7 Å². The molecular weight excluding hydrogens is 663 g/mol. The quantitative estimate of drug-likeness (QED) is 0.162. The minimum Gasteiger partial charge on any atom is -0.310 e. The van der Waals surface area contributed by atoms with E-state index in [1.54, 1.807) is 0 Å². The molecule has 11 aromatic carbocycles. The first kappa shape index (κ1) is 31.3. The molecule has 0 N–H and O–H groups in total. The van der Waals surface area contributed by atoms with Crippen LogP contribution in [-0.4, -0.2) is 0 Å². The maximum Gasteiger partial charge on any atom is 0.0468 e. The van der Waals surface area contributed by atoms with Gasteiger partial charge in [-0.05, 0) is 129 Å². The van der Waals surface area contributed by atoms with Crippen LogP contribution in [0.1, 0.15) is 0 Å². The molecule has 0 saturated carbocycles. The van der Waals surface area contributed by atoms with Crippen molar-refractivity contribution in [1.29, 1.82) is 0 Å². The first-order chi connectivity index (χ1) is 27.3. The van der Waals surface area contributed by atoms with Gasteiger partial charge in [-0.1, -0.05) is 170 Å². The molecule has 0 aliphatic rings. The molecule has 0 aliphatic carbocycles. The van der Waals surface area contributed by atoms with Gasteiger partial charge in [-0.15, -0.1) is 0 Å². The number of hydrogen-bond donors (Lipinski definition) is 0. The van der Waals surface area contributed by atoms with Crippen LogP contribution in [0.3, 0.4) is 0 Å². The zero-order valence-electron chi connectivity index (χ0n) is 30.2. The smallest absolute Gasteiger partial charge is 0.0468 e. The second-order valence-corrected chi connectivity index (χ2v) is 14.5. The Balaban J connectivity index is 1.04. The van der Waals surface area contributed by atoms with Crippen molar-refractivity contribution in [2.75, 3.05) is 4.90 Å². The molecule has 1 heteroatoms. The van der Waals surface area contributed by atoms with Crippen molar-refractivity contribution < 1.29 is 0 Å². The highest BCUT2D eigenvalue weighted by atomic mass is 15.1. The molecule has 0 bridgehead atoms. The topological polar surface area (TPSA) is 3.24 Å². The Hall–Kier alpha value is -7.22. The van der Waals surface area contributed by atoms with Crippen molar-refractivity contribution in [3.8, 4) is 22.3 Å². The Labute approximate surface area is 320 Å². The van der Waals surface area contributed by atoms with E-state index in [0.717, 1.165) is 17.1 Å². The van der Waals surface area contributed by atoms with Crippen molar-refractivity contribution in [3.63, 3.8) is 0 Å². The van der Waals surface area contributed by atoms with Crippen LogP contribution < -0.4 is 4.90 Å². The van der Waals surface area contributed by atoms with Crippen LogP contribution in [0.2, 0.25) is 0 Å². The van der Waals surface area contributed by atoms with Crippen LogP contribution in [0.25, 0.3) is 86.9 Å². The van der Waals surface area contributed by atoms with Gasteiger partial charge in [0.2, 0.25) is 0 Å². The molecule has 0 aliphatic heterocycles. The molecule has 0 unspecified atom stereocenters. The van der Waals surface area contributed by atoms with Gasteiger partial charge in [-0.2, -0.15) is 0 Å². The lowest BCUT2D eigenvalue weighted by molar-refractivity contribution is 1.29. The molecule has 0 amide bonds. The third-order valence-corrected chi connectivity index (χ3v) is 11.4. The molecule has 0 saturated heterocycles. The summed E-state index contributed by atoms with van der Waals surface area (Å²) >= 11 is 0. The van der Waals surface area contributed by atoms with Gasteiger partial charge in [-0.3, -0.25) is 0 Å². The van der Waals surface area contributed by atoms with E-state index < -0.39 is 0 Å². The summed E-state index contributed by atoms with van der Waals surface area (Å²) in [5, 5.41) is 15.2. The average Bonchev–Trinajstić information content (AvgIpc) is 3.26. The molecule has 256 valence electrons. The van der Waals surface area contributed by atoms with E-state index in [0.29, 0.717) is 0 Å². The van der Waals surface area contributed by atoms with E-state index in [2.05, 4.69) is 217 Å². The van der Waals surface area contributed by atoms with Crippen molar-refractivity contribution in [1.82, 2.24) is 0 Å². The maximum absolute atomic E-state index is 2.39. The lowest BCUT2D eigenvalue weighted by atomic mass is 9.93. The normalized spacial score (nSPS) is 11.6. The second kappa shape index (κ2) is 12.7. The Kier molecular flexibility index (Phi) is 7.25. The molecule has 1 nitrogen and oxygen atoms in total. The molecule has 55 heavy (non-hydrogen) atoms. The minimum atomic E-state index is 1.11. The molecule has 0 radical (unpaired) electrons. The summed E-state index contributed by atoms with van der Waals surface area (Å²) < 4.78 is 0. The monoisotopic (exact) mass is 697 g/mol. The molecule has 11 rings (SSSR count). The van der Waals surface area contributed by atoms with Gasteiger partial charge in [0.15, 0.2) is 0 Å². The largest absolute Gasteiger partial charge is 0.310 e. The summed E-state index contributed by atoms with van der Waals surface area (Å²) in [6, 6.07) is 77.8. The van der Waals surface area contributed by atoms with E-state index in [9.17, 15) is 0 Å². The first-order valence-electron chi connectivity index (χ1n) is 19.0. The standard InChI is InChI=1S/C54H35N/c1-4-13-45-36(10-1)20-21-41-34-44(31-33-49(41)45)55(42-27-22-38(23-28-42)47-18-9-19-51-46-14-5-2-11-37(46)26-32-53(47)51)43-29-24-39(25-30-43)54-35-40-12-3-6-15-48(40)50-16-7-8-17-52(50)54/h1-35H. The average molecular weight is 698 g/mol. The Morgan fingerprint density at radius 2 is 0.618 bits per heavy atom. The fraction of sp³-hybridized carbons (Fsp3) is 0. The Bertz CT molecular complexity index is 3250. The first-order valence-corrected chi connectivity index (χ1v) is 19.0. The highest BCUT2D eigenvalue weighted by Crippen LogP contribution is 2.41. The minimum absolute atomic E-state index is 1.11. The van der Waals surface area contributed by atoms with Gasteiger partial charge >= 0.3 is 0 Å². The third-order valence-electron chi connectivity index (χ3n) is 11.4. The summed E-state index contributed by atoms with van der Waals surface area (Å²) in [6.07, 6.45) is 0. The van der Waals surface area contributed by atoms with Crippen LogP contribution in [0.5, 0.6) is 0 Å². The van der Waals surface area contributed by atoms with Gasteiger partial charge in [0.1, 0.15) is 0 Å². The van der Waals surface area contributed by atoms with Gasteiger partial charge in [-0.25, -0.2) is 0 Å². The number of benzene rings is 11. The summed E-state index contributed by atoms with van der Waals surface area (Å²) in [5.74, 6) is 0. The SMILES string of the molecule is c1ccc2c(c1)ccc1cc(N(c3ccc(-c4cccc5c4ccc4ccccc45)cc3)c3ccc(-c4cc5ccccc5c5ccccc45)cc3)ccc12. The van der Waals surface area contributed by atoms with Gasteiger partial charge in [0, 0.05) is 17.1 Å². The predicted octanol–water partition coefficient (Wildman–Crippen LogP) is 15.4. The van der Waals surface area contributed by atoms with Crippen LogP contribution in [0, 0.1) is 0 Å². The van der Waals surface area contributed by atoms with Crippen molar-refractivity contribution in [2.45, 2.75) is 0 Å². The molecule has 0 fully saturated rings. The van der Waals surface area contributed by atoms with Crippen molar-refractivity contribution in [2.24, 2.45) is 0 Å². The summed E-state index contributed by atoms with van der Waals surface area (Å²) in [6.45, 7) is 0. The van der Waals surface area contributed by atoms with Crippen molar-refractivity contribution in [3.05, 3.63) is 212 Å². The predicted molar refractivity (Wildman–Crippen MR) is 237 cm³/mol. The molecule has 0 atom stereocenters. The highest BCUT2D eigenvalue weighted by Gasteiger charge is 2.16. The van der Waals surface area contributed by atoms with E-state index in [1.807, 2.05) is 0 Å². The van der Waals surface area contributed by atoms with Crippen LogP contribution in [0.15, 0.2) is 212 Å². The molecule has 0 spiro atoms. The molecule has 11 aromatic rings. The summed E-state index contributed by atoms with van der Waals surface area (Å²) in [7, 11) is 0. The van der Waals surface area contributed by atoms with Gasteiger partial charge in [0.25, 0.3) is 0 Å². The van der Waals surface area contributed by atoms with Gasteiger partial charge in [0.05, 0.1) is 0 Å². The van der Waals surface area contributed by atoms with E-state index in [1.165, 1.54) is 86.9 Å². The number of nitrogens with zero attached hydrogens (tertiary/aromatic N) is 1.